The number of nitrogens with one attached hydrogen (secondary N) is 1. The highest BCUT2D eigenvalue weighted by Gasteiger charge is 2.54. The van der Waals surface area contributed by atoms with Gasteiger partial charge in [-0.05, 0) is 26.3 Å². The summed E-state index contributed by atoms with van der Waals surface area (Å²) in [6.45, 7) is -0.452. The van der Waals surface area contributed by atoms with E-state index >= 15 is 0 Å². The fraction of sp³-hybridized carbons (Fsp3) is 1.00. The highest BCUT2D eigenvalue weighted by Crippen LogP contribution is 2.35. The van der Waals surface area contributed by atoms with E-state index in [2.05, 4.69) is 5.32 Å². The van der Waals surface area contributed by atoms with Crippen LogP contribution in [0.5, 0.6) is 0 Å². The summed E-state index contributed by atoms with van der Waals surface area (Å²) >= 11 is 0. The van der Waals surface area contributed by atoms with Gasteiger partial charge in [0.15, 0.2) is 18.9 Å². The first kappa shape index (κ1) is 33.2. The number of ether oxygens (including phenoxy) is 6. The fourth-order valence-corrected chi connectivity index (χ4v) is 5.91. The molecule has 0 aromatic heterocycles. The molecule has 0 radical (unpaired) electrons. The number of hydrogen-bond donors (Lipinski definition) is 11. The molecule has 240 valence electrons. The van der Waals surface area contributed by atoms with Crippen LogP contribution in [0.3, 0.4) is 0 Å². The standard InChI is InChI=1S/C24H47N5O12/c1-29-14-17(34)20-11(37-23(14)41-24-18(35)16(33)13(28)12(7-31)38-24)6-10(27)22(40-20)39-19-9(26)5-8(25)15(32)21(19)36-4-2-3-30/h8-24,29-35H,2-7,25-28H2,1H3/t8-,9?,10?,11+,12?,13-,14?,15-,16+,17?,18?,19-,20?,21-,22+,23-,24-/m1/s1. The Morgan fingerprint density at radius 2 is 1.49 bits per heavy atom. The van der Waals surface area contributed by atoms with E-state index in [1.807, 2.05) is 0 Å². The van der Waals surface area contributed by atoms with Gasteiger partial charge >= 0.3 is 0 Å². The molecule has 41 heavy (non-hydrogen) atoms. The molecule has 15 N–H and O–H groups in total. The molecule has 4 rings (SSSR count). The first-order valence-corrected chi connectivity index (χ1v) is 14.0. The Kier molecular flexibility index (Phi) is 11.7. The number of hydrogen-bond acceptors (Lipinski definition) is 17. The van der Waals surface area contributed by atoms with Crippen molar-refractivity contribution in [3.63, 3.8) is 0 Å². The molecule has 1 aliphatic carbocycles. The zero-order valence-electron chi connectivity index (χ0n) is 23.0. The molecule has 17 atom stereocenters. The van der Waals surface area contributed by atoms with Crippen molar-refractivity contribution in [3.05, 3.63) is 0 Å². The van der Waals surface area contributed by atoms with Gasteiger partial charge in [0.2, 0.25) is 0 Å². The minimum absolute atomic E-state index is 0.0939. The quantitative estimate of drug-likeness (QED) is 0.104. The summed E-state index contributed by atoms with van der Waals surface area (Å²) in [6, 6.07) is -3.90. The zero-order valence-corrected chi connectivity index (χ0v) is 23.0. The Hall–Kier alpha value is -0.680. The van der Waals surface area contributed by atoms with E-state index in [1.54, 1.807) is 7.05 Å². The molecular formula is C24H47N5O12. The number of likely N-dealkylation sites (N-methyl/N-ethyl adjacent to an activating group) is 1. The third-order valence-corrected chi connectivity index (χ3v) is 8.33. The lowest BCUT2D eigenvalue weighted by molar-refractivity contribution is -0.373. The lowest BCUT2D eigenvalue weighted by Gasteiger charge is -2.51. The van der Waals surface area contributed by atoms with Crippen LogP contribution in [0, 0.1) is 0 Å². The number of rotatable bonds is 10. The van der Waals surface area contributed by atoms with Gasteiger partial charge in [-0.15, -0.1) is 0 Å². The maximum absolute atomic E-state index is 11.3. The number of aliphatic hydroxyl groups is 6. The van der Waals surface area contributed by atoms with Crippen LogP contribution in [0.4, 0.5) is 0 Å². The van der Waals surface area contributed by atoms with Gasteiger partial charge in [0.1, 0.15) is 42.7 Å². The fourth-order valence-electron chi connectivity index (χ4n) is 5.91. The van der Waals surface area contributed by atoms with Crippen LogP contribution in [0.15, 0.2) is 0 Å². The van der Waals surface area contributed by atoms with Gasteiger partial charge < -0.3 is 87.3 Å². The zero-order chi connectivity index (χ0) is 30.0. The number of nitrogens with two attached hydrogens (primary N) is 4. The van der Waals surface area contributed by atoms with Gasteiger partial charge in [-0.2, -0.15) is 0 Å². The molecule has 17 nitrogen and oxygen atoms in total. The summed E-state index contributed by atoms with van der Waals surface area (Å²) in [4.78, 5) is 0. The van der Waals surface area contributed by atoms with Gasteiger partial charge in [0.05, 0.1) is 36.9 Å². The van der Waals surface area contributed by atoms with E-state index in [4.69, 9.17) is 56.5 Å². The molecule has 3 saturated heterocycles. The van der Waals surface area contributed by atoms with Crippen molar-refractivity contribution < 1.29 is 59.1 Å². The number of fused-ring (bicyclic) bond motifs is 1. The summed E-state index contributed by atoms with van der Waals surface area (Å²) in [7, 11) is 1.57. The largest absolute Gasteiger partial charge is 0.396 e. The second-order valence-corrected chi connectivity index (χ2v) is 11.2. The lowest BCUT2D eigenvalue weighted by atomic mass is 9.84. The van der Waals surface area contributed by atoms with Crippen LogP contribution in [0.2, 0.25) is 0 Å². The van der Waals surface area contributed by atoms with Crippen LogP contribution in [0.1, 0.15) is 19.3 Å². The lowest BCUT2D eigenvalue weighted by Crippen LogP contribution is -2.70. The van der Waals surface area contributed by atoms with E-state index < -0.39 is 111 Å². The molecule has 0 aromatic rings. The van der Waals surface area contributed by atoms with E-state index in [9.17, 15) is 25.5 Å². The average Bonchev–Trinajstić information content (AvgIpc) is 2.94. The first-order valence-electron chi connectivity index (χ1n) is 14.0. The van der Waals surface area contributed by atoms with E-state index in [-0.39, 0.29) is 26.1 Å². The molecule has 7 unspecified atom stereocenters. The highest BCUT2D eigenvalue weighted by atomic mass is 16.8. The molecule has 0 aromatic carbocycles. The molecule has 0 amide bonds. The van der Waals surface area contributed by atoms with Crippen molar-refractivity contribution in [1.82, 2.24) is 5.32 Å². The summed E-state index contributed by atoms with van der Waals surface area (Å²) in [5, 5.41) is 64.3. The third-order valence-electron chi connectivity index (χ3n) is 8.33. The Balaban J connectivity index is 1.44. The highest BCUT2D eigenvalue weighted by molar-refractivity contribution is 5.02. The van der Waals surface area contributed by atoms with Crippen molar-refractivity contribution in [2.45, 2.75) is 123 Å². The molecule has 0 bridgehead atoms. The van der Waals surface area contributed by atoms with Crippen molar-refractivity contribution in [3.8, 4) is 0 Å². The molecule has 3 aliphatic heterocycles. The van der Waals surface area contributed by atoms with Crippen LogP contribution in [-0.4, -0.2) is 162 Å². The van der Waals surface area contributed by atoms with Crippen molar-refractivity contribution in [2.75, 3.05) is 26.9 Å². The number of aliphatic hydroxyl groups excluding tert-OH is 6. The van der Waals surface area contributed by atoms with Crippen LogP contribution < -0.4 is 28.3 Å². The summed E-state index contributed by atoms with van der Waals surface area (Å²) in [6.07, 6.45) is -12.5. The Morgan fingerprint density at radius 3 is 2.15 bits per heavy atom. The second-order valence-electron chi connectivity index (χ2n) is 11.2. The summed E-state index contributed by atoms with van der Waals surface area (Å²) in [5.74, 6) is 0. The van der Waals surface area contributed by atoms with E-state index in [0.717, 1.165) is 0 Å². The predicted octanol–water partition coefficient (Wildman–Crippen LogP) is -6.54. The minimum atomic E-state index is -1.54. The van der Waals surface area contributed by atoms with Gasteiger partial charge in [0, 0.05) is 25.3 Å². The van der Waals surface area contributed by atoms with Crippen molar-refractivity contribution in [2.24, 2.45) is 22.9 Å². The molecule has 4 aliphatic rings. The maximum Gasteiger partial charge on any atom is 0.189 e. The monoisotopic (exact) mass is 597 g/mol. The van der Waals surface area contributed by atoms with E-state index in [0.29, 0.717) is 6.42 Å². The van der Waals surface area contributed by atoms with Crippen LogP contribution >= 0.6 is 0 Å². The van der Waals surface area contributed by atoms with Gasteiger partial charge in [0.25, 0.3) is 0 Å². The van der Waals surface area contributed by atoms with Gasteiger partial charge in [-0.1, -0.05) is 0 Å². The van der Waals surface area contributed by atoms with Gasteiger partial charge in [-0.25, -0.2) is 0 Å². The van der Waals surface area contributed by atoms with E-state index in [1.165, 1.54) is 0 Å². The maximum atomic E-state index is 11.3. The Morgan fingerprint density at radius 1 is 0.756 bits per heavy atom. The average molecular weight is 598 g/mol. The summed E-state index contributed by atoms with van der Waals surface area (Å²) < 4.78 is 35.6. The molecule has 4 fully saturated rings. The molecule has 17 heteroatoms. The van der Waals surface area contributed by atoms with Crippen molar-refractivity contribution in [1.29, 1.82) is 0 Å². The van der Waals surface area contributed by atoms with Crippen molar-refractivity contribution >= 4 is 0 Å². The molecule has 0 spiro atoms. The smallest absolute Gasteiger partial charge is 0.189 e. The topological polar surface area (TPSA) is 293 Å². The Labute approximate surface area is 237 Å². The first-order chi connectivity index (χ1) is 19.5. The normalized spacial score (nSPS) is 50.9. The van der Waals surface area contributed by atoms with Crippen LogP contribution in [-0.2, 0) is 28.4 Å². The molecule has 3 heterocycles. The second kappa shape index (κ2) is 14.4. The Bertz CT molecular complexity index is 819. The molecular weight excluding hydrogens is 550 g/mol. The van der Waals surface area contributed by atoms with Gasteiger partial charge in [-0.3, -0.25) is 0 Å². The third kappa shape index (κ3) is 7.02. The summed E-state index contributed by atoms with van der Waals surface area (Å²) in [5.41, 5.74) is 24.6. The minimum Gasteiger partial charge on any atom is -0.396 e. The van der Waals surface area contributed by atoms with Crippen LogP contribution in [0.25, 0.3) is 0 Å². The molecule has 1 saturated carbocycles. The SMILES string of the molecule is CNC1C(O)C2O[C@H](O[C@@H]3C(N)C[C@@H](N)[C@@H](O)[C@H]3OCCCO)C(N)C[C@@H]2O[C@@H]1O[C@H]1OC(CO)[C@@H](N)[C@H](O)C1O. The predicted molar refractivity (Wildman–Crippen MR) is 138 cm³/mol.